The first-order valence-corrected chi connectivity index (χ1v) is 7.86. The number of aryl methyl sites for hydroxylation is 1. The Bertz CT molecular complexity index is 432. The Kier molecular flexibility index (Phi) is 5.90. The monoisotopic (exact) mass is 273 g/mol. The van der Waals surface area contributed by atoms with Crippen LogP contribution in [0.5, 0.6) is 0 Å². The van der Waals surface area contributed by atoms with E-state index in [0.717, 1.165) is 13.0 Å². The predicted molar refractivity (Wildman–Crippen MR) is 86.0 cm³/mol. The van der Waals surface area contributed by atoms with Gasteiger partial charge in [0.25, 0.3) is 0 Å². The van der Waals surface area contributed by atoms with E-state index in [2.05, 4.69) is 41.5 Å². The van der Waals surface area contributed by atoms with Crippen LogP contribution in [-0.4, -0.2) is 18.5 Å². The van der Waals surface area contributed by atoms with E-state index in [-0.39, 0.29) is 0 Å². The highest BCUT2D eigenvalue weighted by Gasteiger charge is 2.11. The van der Waals surface area contributed by atoms with E-state index >= 15 is 0 Å². The minimum absolute atomic E-state index is 0.528. The molecule has 0 unspecified atom stereocenters. The van der Waals surface area contributed by atoms with Crippen LogP contribution >= 0.6 is 0 Å². The maximum absolute atomic E-state index is 5.99. The molecule has 110 valence electrons. The fraction of sp³-hybridized carbons (Fsp3) is 0.588. The third kappa shape index (κ3) is 5.24. The molecule has 3 N–H and O–H groups in total. The van der Waals surface area contributed by atoms with Gasteiger partial charge < -0.3 is 11.1 Å². The number of nitrogens with two attached hydrogens (primary N) is 1. The van der Waals surface area contributed by atoms with Crippen molar-refractivity contribution in [3.8, 4) is 0 Å². The molecular formula is C17H27N3. The van der Waals surface area contributed by atoms with Crippen molar-refractivity contribution in [3.05, 3.63) is 35.4 Å². The fourth-order valence-electron chi connectivity index (χ4n) is 2.85. The minimum atomic E-state index is 0.528. The van der Waals surface area contributed by atoms with Crippen LogP contribution in [0.4, 0.5) is 0 Å². The van der Waals surface area contributed by atoms with Crippen molar-refractivity contribution in [1.82, 2.24) is 5.32 Å². The third-order valence-corrected chi connectivity index (χ3v) is 3.97. The molecule has 0 radical (unpaired) electrons. The summed E-state index contributed by atoms with van der Waals surface area (Å²) in [6.45, 7) is 2.88. The second kappa shape index (κ2) is 7.93. The Labute approximate surface area is 122 Å². The summed E-state index contributed by atoms with van der Waals surface area (Å²) in [6, 6.07) is 9.11. The molecule has 0 atom stereocenters. The van der Waals surface area contributed by atoms with Gasteiger partial charge >= 0.3 is 0 Å². The van der Waals surface area contributed by atoms with Crippen LogP contribution in [0, 0.1) is 6.92 Å². The van der Waals surface area contributed by atoms with E-state index in [0.29, 0.717) is 12.0 Å². The summed E-state index contributed by atoms with van der Waals surface area (Å²) in [6.07, 6.45) is 8.77. The average molecular weight is 273 g/mol. The largest absolute Gasteiger partial charge is 0.370 e. The summed E-state index contributed by atoms with van der Waals surface area (Å²) in [5.41, 5.74) is 8.62. The van der Waals surface area contributed by atoms with Crippen molar-refractivity contribution >= 4 is 5.96 Å². The fourth-order valence-corrected chi connectivity index (χ4v) is 2.85. The molecule has 20 heavy (non-hydrogen) atoms. The first-order valence-electron chi connectivity index (χ1n) is 7.86. The third-order valence-electron chi connectivity index (χ3n) is 3.97. The van der Waals surface area contributed by atoms with E-state index in [4.69, 9.17) is 5.73 Å². The molecule has 1 saturated carbocycles. The molecule has 2 rings (SSSR count). The Morgan fingerprint density at radius 2 is 2.00 bits per heavy atom. The second-order valence-electron chi connectivity index (χ2n) is 5.84. The van der Waals surface area contributed by atoms with Gasteiger partial charge in [0.2, 0.25) is 0 Å². The molecule has 0 aromatic heterocycles. The molecule has 0 spiro atoms. The molecule has 0 amide bonds. The van der Waals surface area contributed by atoms with Crippen molar-refractivity contribution in [3.63, 3.8) is 0 Å². The summed E-state index contributed by atoms with van der Waals surface area (Å²) in [5.74, 6) is 0.615. The number of guanidine groups is 1. The topological polar surface area (TPSA) is 50.4 Å². The molecule has 0 saturated heterocycles. The van der Waals surface area contributed by atoms with Crippen LogP contribution in [0.25, 0.3) is 0 Å². The van der Waals surface area contributed by atoms with Gasteiger partial charge in [0, 0.05) is 12.6 Å². The van der Waals surface area contributed by atoms with E-state index in [1.54, 1.807) is 0 Å². The van der Waals surface area contributed by atoms with Crippen molar-refractivity contribution in [1.29, 1.82) is 0 Å². The summed E-state index contributed by atoms with van der Waals surface area (Å²) in [4.78, 5) is 4.46. The van der Waals surface area contributed by atoms with Gasteiger partial charge in [0.05, 0.1) is 0 Å². The summed E-state index contributed by atoms with van der Waals surface area (Å²) < 4.78 is 0. The van der Waals surface area contributed by atoms with Crippen LogP contribution in [0.3, 0.4) is 0 Å². The minimum Gasteiger partial charge on any atom is -0.370 e. The zero-order chi connectivity index (χ0) is 14.2. The standard InChI is InChI=1S/C17H27N3/c1-14-7-6-8-15(13-14)11-12-19-17(18)20-16-9-4-2-3-5-10-16/h6-8,13,16H,2-5,9-12H2,1H3,(H3,18,19,20). The quantitative estimate of drug-likeness (QED) is 0.503. The average Bonchev–Trinajstić information content (AvgIpc) is 2.67. The SMILES string of the molecule is Cc1cccc(CCN=C(N)NC2CCCCCC2)c1. The molecule has 0 aliphatic heterocycles. The first-order chi connectivity index (χ1) is 9.74. The lowest BCUT2D eigenvalue weighted by Gasteiger charge is -2.16. The highest BCUT2D eigenvalue weighted by molar-refractivity contribution is 5.78. The van der Waals surface area contributed by atoms with Crippen molar-refractivity contribution < 1.29 is 0 Å². The number of nitrogens with one attached hydrogen (secondary N) is 1. The van der Waals surface area contributed by atoms with Gasteiger partial charge in [0.1, 0.15) is 0 Å². The molecule has 3 nitrogen and oxygen atoms in total. The number of hydrogen-bond acceptors (Lipinski definition) is 1. The van der Waals surface area contributed by atoms with Crippen LogP contribution in [-0.2, 0) is 6.42 Å². The lowest BCUT2D eigenvalue weighted by atomic mass is 10.1. The van der Waals surface area contributed by atoms with E-state index in [1.807, 2.05) is 0 Å². The zero-order valence-electron chi connectivity index (χ0n) is 12.6. The number of rotatable bonds is 4. The van der Waals surface area contributed by atoms with Crippen LogP contribution in [0.15, 0.2) is 29.3 Å². The van der Waals surface area contributed by atoms with Gasteiger partial charge in [0.15, 0.2) is 5.96 Å². The second-order valence-corrected chi connectivity index (χ2v) is 5.84. The highest BCUT2D eigenvalue weighted by atomic mass is 15.1. The number of aliphatic imine (C=N–C) groups is 1. The van der Waals surface area contributed by atoms with Gasteiger partial charge in [-0.2, -0.15) is 0 Å². The van der Waals surface area contributed by atoms with E-state index in [1.165, 1.54) is 49.7 Å². The molecule has 1 fully saturated rings. The van der Waals surface area contributed by atoms with E-state index in [9.17, 15) is 0 Å². The molecule has 0 heterocycles. The Balaban J connectivity index is 1.75. The van der Waals surface area contributed by atoms with Crippen molar-refractivity contribution in [2.75, 3.05) is 6.54 Å². The van der Waals surface area contributed by atoms with E-state index < -0.39 is 0 Å². The Morgan fingerprint density at radius 1 is 1.25 bits per heavy atom. The molecule has 3 heteroatoms. The van der Waals surface area contributed by atoms with Gasteiger partial charge in [-0.3, -0.25) is 4.99 Å². The molecule has 1 aromatic rings. The Morgan fingerprint density at radius 3 is 2.70 bits per heavy atom. The smallest absolute Gasteiger partial charge is 0.188 e. The number of benzene rings is 1. The van der Waals surface area contributed by atoms with Gasteiger partial charge in [-0.15, -0.1) is 0 Å². The molecule has 0 bridgehead atoms. The molecule has 1 aliphatic rings. The van der Waals surface area contributed by atoms with Crippen LogP contribution in [0.1, 0.15) is 49.7 Å². The number of hydrogen-bond donors (Lipinski definition) is 2. The normalized spacial score (nSPS) is 17.8. The molecule has 1 aliphatic carbocycles. The predicted octanol–water partition coefficient (Wildman–Crippen LogP) is 3.16. The van der Waals surface area contributed by atoms with Crippen molar-refractivity contribution in [2.45, 2.75) is 57.9 Å². The number of nitrogens with zero attached hydrogens (tertiary/aromatic N) is 1. The maximum Gasteiger partial charge on any atom is 0.188 e. The molecule has 1 aromatic carbocycles. The summed E-state index contributed by atoms with van der Waals surface area (Å²) >= 11 is 0. The lowest BCUT2D eigenvalue weighted by Crippen LogP contribution is -2.40. The van der Waals surface area contributed by atoms with Crippen molar-refractivity contribution in [2.24, 2.45) is 10.7 Å². The highest BCUT2D eigenvalue weighted by Crippen LogP contribution is 2.16. The van der Waals surface area contributed by atoms with Crippen LogP contribution < -0.4 is 11.1 Å². The van der Waals surface area contributed by atoms with Gasteiger partial charge in [-0.05, 0) is 31.7 Å². The van der Waals surface area contributed by atoms with Gasteiger partial charge in [-0.25, -0.2) is 0 Å². The first kappa shape index (κ1) is 14.9. The zero-order valence-corrected chi connectivity index (χ0v) is 12.6. The lowest BCUT2D eigenvalue weighted by molar-refractivity contribution is 0.530. The van der Waals surface area contributed by atoms with Gasteiger partial charge in [-0.1, -0.05) is 55.5 Å². The Hall–Kier alpha value is -1.51. The van der Waals surface area contributed by atoms with Crippen LogP contribution in [0.2, 0.25) is 0 Å². The molecular weight excluding hydrogens is 246 g/mol. The maximum atomic E-state index is 5.99. The summed E-state index contributed by atoms with van der Waals surface area (Å²) in [5, 5.41) is 3.38. The summed E-state index contributed by atoms with van der Waals surface area (Å²) in [7, 11) is 0.